The summed E-state index contributed by atoms with van der Waals surface area (Å²) in [4.78, 5) is 58.5. The molecular weight excluding hydrogens is 432 g/mol. The van der Waals surface area contributed by atoms with Crippen molar-refractivity contribution in [1.82, 2.24) is 25.3 Å². The number of anilines is 2. The van der Waals surface area contributed by atoms with Crippen LogP contribution in [0.15, 0.2) is 35.3 Å². The van der Waals surface area contributed by atoms with Crippen molar-refractivity contribution in [1.29, 1.82) is 0 Å². The quantitative estimate of drug-likeness (QED) is 0.249. The van der Waals surface area contributed by atoms with Crippen molar-refractivity contribution in [2.75, 3.05) is 11.1 Å². The number of aromatic nitrogens is 4. The highest BCUT2D eigenvalue weighted by Gasteiger charge is 2.19. The summed E-state index contributed by atoms with van der Waals surface area (Å²) in [6, 6.07) is 5.64. The Morgan fingerprint density at radius 1 is 1.24 bits per heavy atom. The zero-order valence-corrected chi connectivity index (χ0v) is 17.7. The number of rotatable bonds is 8. The van der Waals surface area contributed by atoms with E-state index in [1.807, 2.05) is 6.92 Å². The van der Waals surface area contributed by atoms with Gasteiger partial charge >= 0.3 is 5.97 Å². The van der Waals surface area contributed by atoms with Crippen LogP contribution in [-0.2, 0) is 16.1 Å². The number of benzene rings is 1. The van der Waals surface area contributed by atoms with Gasteiger partial charge in [0.05, 0.1) is 18.4 Å². The number of carbonyl (C=O) groups is 3. The first-order chi connectivity index (χ1) is 15.8. The third-order valence-corrected chi connectivity index (χ3v) is 4.29. The van der Waals surface area contributed by atoms with Gasteiger partial charge in [-0.3, -0.25) is 19.4 Å². The molecule has 0 aliphatic carbocycles. The number of hydrogen-bond donors (Lipinski definition) is 6. The van der Waals surface area contributed by atoms with Crippen LogP contribution in [0.2, 0.25) is 0 Å². The fourth-order valence-corrected chi connectivity index (χ4v) is 2.78. The Labute approximate surface area is 187 Å². The number of carbonyl (C=O) groups excluding carboxylic acids is 2. The SMILES string of the molecule is CCCC(NC(=O)c1ccc(NCc2cnc3nc(N)[nH]c(=O)c3n2)cc1)C(=O)O.NC=O. The van der Waals surface area contributed by atoms with E-state index in [0.717, 1.165) is 0 Å². The van der Waals surface area contributed by atoms with Crippen molar-refractivity contribution in [3.8, 4) is 0 Å². The average Bonchev–Trinajstić information content (AvgIpc) is 2.78. The molecule has 0 saturated carbocycles. The molecule has 1 aromatic carbocycles. The molecule has 2 amide bonds. The summed E-state index contributed by atoms with van der Waals surface area (Å²) in [5.41, 5.74) is 11.0. The molecule has 1 unspecified atom stereocenters. The fourth-order valence-electron chi connectivity index (χ4n) is 2.78. The van der Waals surface area contributed by atoms with Crippen LogP contribution in [0.3, 0.4) is 0 Å². The molecule has 0 fully saturated rings. The molecular formula is C20H24N8O5. The number of nitrogen functional groups attached to an aromatic ring is 1. The predicted molar refractivity (Wildman–Crippen MR) is 120 cm³/mol. The van der Waals surface area contributed by atoms with Crippen LogP contribution in [0.5, 0.6) is 0 Å². The second-order valence-electron chi connectivity index (χ2n) is 6.70. The highest BCUT2D eigenvalue weighted by molar-refractivity contribution is 5.96. The highest BCUT2D eigenvalue weighted by Crippen LogP contribution is 2.12. The first kappa shape index (κ1) is 24.7. The molecule has 0 spiro atoms. The fraction of sp³-hybridized carbons (Fsp3) is 0.250. The van der Waals surface area contributed by atoms with Gasteiger partial charge in [0, 0.05) is 11.3 Å². The summed E-state index contributed by atoms with van der Waals surface area (Å²) in [5, 5.41) is 14.8. The molecule has 2 heterocycles. The van der Waals surface area contributed by atoms with Gasteiger partial charge in [-0.2, -0.15) is 4.98 Å². The van der Waals surface area contributed by atoms with Gasteiger partial charge in [0.15, 0.2) is 11.2 Å². The van der Waals surface area contributed by atoms with Crippen molar-refractivity contribution >= 4 is 41.1 Å². The predicted octanol–water partition coefficient (Wildman–Crippen LogP) is -0.00800. The maximum absolute atomic E-state index is 12.2. The average molecular weight is 456 g/mol. The maximum atomic E-state index is 12.2. The molecule has 3 aromatic rings. The van der Waals surface area contributed by atoms with Crippen LogP contribution in [0.1, 0.15) is 35.8 Å². The molecule has 0 saturated heterocycles. The minimum Gasteiger partial charge on any atom is -0.480 e. The van der Waals surface area contributed by atoms with Crippen molar-refractivity contribution in [3.63, 3.8) is 0 Å². The van der Waals surface area contributed by atoms with Gasteiger partial charge in [-0.25, -0.2) is 14.8 Å². The Balaban J connectivity index is 0.00000122. The first-order valence-electron chi connectivity index (χ1n) is 9.83. The van der Waals surface area contributed by atoms with Crippen LogP contribution in [0, 0.1) is 0 Å². The molecule has 0 bridgehead atoms. The number of nitrogens with two attached hydrogens (primary N) is 2. The van der Waals surface area contributed by atoms with Gasteiger partial charge in [0.25, 0.3) is 11.5 Å². The number of nitrogens with zero attached hydrogens (tertiary/aromatic N) is 3. The van der Waals surface area contributed by atoms with Crippen LogP contribution >= 0.6 is 0 Å². The number of carboxylic acid groups (broad SMARTS) is 1. The Morgan fingerprint density at radius 3 is 2.52 bits per heavy atom. The third-order valence-electron chi connectivity index (χ3n) is 4.29. The van der Waals surface area contributed by atoms with Crippen molar-refractivity contribution < 1.29 is 19.5 Å². The van der Waals surface area contributed by atoms with E-state index in [0.29, 0.717) is 29.8 Å². The van der Waals surface area contributed by atoms with E-state index in [-0.39, 0.29) is 30.1 Å². The summed E-state index contributed by atoms with van der Waals surface area (Å²) < 4.78 is 0. The van der Waals surface area contributed by atoms with Crippen LogP contribution < -0.4 is 27.7 Å². The van der Waals surface area contributed by atoms with E-state index in [4.69, 9.17) is 15.6 Å². The Bertz CT molecular complexity index is 1180. The molecule has 0 aliphatic heterocycles. The normalized spacial score (nSPS) is 11.1. The molecule has 174 valence electrons. The highest BCUT2D eigenvalue weighted by atomic mass is 16.4. The summed E-state index contributed by atoms with van der Waals surface area (Å²) in [5.74, 6) is -1.54. The van der Waals surface area contributed by atoms with Gasteiger partial charge in [0.2, 0.25) is 12.4 Å². The molecule has 3 rings (SSSR count). The minimum absolute atomic E-state index is 0.0267. The van der Waals surface area contributed by atoms with Crippen molar-refractivity contribution in [2.24, 2.45) is 5.73 Å². The lowest BCUT2D eigenvalue weighted by Gasteiger charge is -2.14. The van der Waals surface area contributed by atoms with Gasteiger partial charge < -0.3 is 27.2 Å². The van der Waals surface area contributed by atoms with Gasteiger partial charge in [0.1, 0.15) is 6.04 Å². The second-order valence-corrected chi connectivity index (χ2v) is 6.70. The van der Waals surface area contributed by atoms with Gasteiger partial charge in [-0.05, 0) is 30.7 Å². The lowest BCUT2D eigenvalue weighted by Crippen LogP contribution is -2.40. The zero-order chi connectivity index (χ0) is 24.4. The topological polar surface area (TPSA) is 219 Å². The van der Waals surface area contributed by atoms with Crippen molar-refractivity contribution in [3.05, 3.63) is 52.1 Å². The molecule has 33 heavy (non-hydrogen) atoms. The molecule has 8 N–H and O–H groups in total. The molecule has 2 aromatic heterocycles. The van der Waals surface area contributed by atoms with E-state index >= 15 is 0 Å². The number of carboxylic acids is 1. The number of aromatic amines is 1. The number of aliphatic carboxylic acids is 1. The lowest BCUT2D eigenvalue weighted by molar-refractivity contribution is -0.139. The number of nitrogens with one attached hydrogen (secondary N) is 3. The molecule has 1 atom stereocenters. The summed E-state index contributed by atoms with van der Waals surface area (Å²) >= 11 is 0. The standard InChI is InChI=1S/C19H21N7O4.CH3NO/c1-2-3-13(18(29)30)24-16(27)10-4-6-11(7-5-10)21-8-12-9-22-15-14(23-12)17(28)26-19(20)25-15;2-1-3/h4-7,9,13,21H,2-3,8H2,1H3,(H,24,27)(H,29,30)(H3,20,22,25,26,28);1H,(H2,2,3). The second kappa shape index (κ2) is 11.7. The third kappa shape index (κ3) is 6.99. The molecule has 0 aliphatic rings. The monoisotopic (exact) mass is 456 g/mol. The molecule has 13 nitrogen and oxygen atoms in total. The first-order valence-corrected chi connectivity index (χ1v) is 9.83. The van der Waals surface area contributed by atoms with Gasteiger partial charge in [-0.1, -0.05) is 13.3 Å². The van der Waals surface area contributed by atoms with E-state index in [1.165, 1.54) is 6.20 Å². The summed E-state index contributed by atoms with van der Waals surface area (Å²) in [6.45, 7) is 2.14. The number of hydrogen-bond acceptors (Lipinski definition) is 9. The van der Waals surface area contributed by atoms with E-state index in [9.17, 15) is 14.4 Å². The lowest BCUT2D eigenvalue weighted by atomic mass is 10.1. The molecule has 0 radical (unpaired) electrons. The number of H-pyrrole nitrogens is 1. The van der Waals surface area contributed by atoms with Crippen molar-refractivity contribution in [2.45, 2.75) is 32.4 Å². The number of primary amides is 1. The smallest absolute Gasteiger partial charge is 0.326 e. The largest absolute Gasteiger partial charge is 0.480 e. The summed E-state index contributed by atoms with van der Waals surface area (Å²) in [7, 11) is 0. The Hall–Kier alpha value is -4.55. The van der Waals surface area contributed by atoms with E-state index in [2.05, 4.69) is 36.3 Å². The number of fused-ring (bicyclic) bond motifs is 1. The molecule has 13 heteroatoms. The van der Waals surface area contributed by atoms with E-state index < -0.39 is 23.5 Å². The van der Waals surface area contributed by atoms with Crippen LogP contribution in [0.4, 0.5) is 11.6 Å². The van der Waals surface area contributed by atoms with Crippen LogP contribution in [-0.4, -0.2) is 49.4 Å². The summed E-state index contributed by atoms with van der Waals surface area (Å²) in [6.07, 6.45) is 2.74. The van der Waals surface area contributed by atoms with E-state index in [1.54, 1.807) is 24.3 Å². The number of amides is 2. The maximum Gasteiger partial charge on any atom is 0.326 e. The Morgan fingerprint density at radius 2 is 1.91 bits per heavy atom. The Kier molecular flexibility index (Phi) is 8.79. The van der Waals surface area contributed by atoms with Gasteiger partial charge in [-0.15, -0.1) is 0 Å². The minimum atomic E-state index is -1.06. The zero-order valence-electron chi connectivity index (χ0n) is 17.7. The van der Waals surface area contributed by atoms with Crippen LogP contribution in [0.25, 0.3) is 11.2 Å².